The number of fused-ring (bicyclic) bond motifs is 1. The Morgan fingerprint density at radius 3 is 2.79 bits per heavy atom. The summed E-state index contributed by atoms with van der Waals surface area (Å²) < 4.78 is 0. The molecule has 0 spiro atoms. The smallest absolute Gasteiger partial charge is 0.0102 e. The number of nitrogens with one attached hydrogen (secondary N) is 1. The Hall–Kier alpha value is -0.820. The van der Waals surface area contributed by atoms with Crippen molar-refractivity contribution in [3.8, 4) is 0 Å². The molecule has 0 unspecified atom stereocenters. The molecule has 1 heteroatoms. The normalized spacial score (nSPS) is 35.9. The molecule has 1 saturated heterocycles. The van der Waals surface area contributed by atoms with Crippen LogP contribution in [0.4, 0.5) is 0 Å². The average molecular weight is 187 g/mol. The molecule has 14 heavy (non-hydrogen) atoms. The fourth-order valence-corrected chi connectivity index (χ4v) is 3.22. The van der Waals surface area contributed by atoms with Gasteiger partial charge in [0.25, 0.3) is 0 Å². The van der Waals surface area contributed by atoms with Crippen LogP contribution < -0.4 is 5.32 Å². The lowest BCUT2D eigenvalue weighted by atomic mass is 9.87. The van der Waals surface area contributed by atoms with Crippen molar-refractivity contribution in [2.75, 3.05) is 6.54 Å². The average Bonchev–Trinajstić information content (AvgIpc) is 2.79. The van der Waals surface area contributed by atoms with Crippen molar-refractivity contribution in [1.29, 1.82) is 0 Å². The Bertz CT molecular complexity index is 306. The number of benzene rings is 1. The Kier molecular flexibility index (Phi) is 2.06. The van der Waals surface area contributed by atoms with Gasteiger partial charge in [0, 0.05) is 18.5 Å². The molecule has 3 atom stereocenters. The van der Waals surface area contributed by atoms with Crippen molar-refractivity contribution in [3.05, 3.63) is 35.9 Å². The van der Waals surface area contributed by atoms with Gasteiger partial charge in [-0.3, -0.25) is 0 Å². The van der Waals surface area contributed by atoms with E-state index in [1.807, 2.05) is 0 Å². The predicted molar refractivity (Wildman–Crippen MR) is 58.3 cm³/mol. The van der Waals surface area contributed by atoms with Gasteiger partial charge in [0.05, 0.1) is 0 Å². The molecule has 1 N–H and O–H groups in total. The molecular weight excluding hydrogens is 170 g/mol. The second-order valence-electron chi connectivity index (χ2n) is 4.63. The van der Waals surface area contributed by atoms with Crippen LogP contribution >= 0.6 is 0 Å². The van der Waals surface area contributed by atoms with Crippen LogP contribution in [0.2, 0.25) is 0 Å². The topological polar surface area (TPSA) is 12.0 Å². The van der Waals surface area contributed by atoms with Crippen LogP contribution in [0.1, 0.15) is 30.7 Å². The molecule has 0 bridgehead atoms. The maximum atomic E-state index is 3.67. The van der Waals surface area contributed by atoms with E-state index in [0.717, 1.165) is 17.9 Å². The molecular formula is C13H17N. The standard InChI is InChI=1S/C13H17N/c1-2-5-10(6-3-1)12-9-14-13-8-4-7-11(12)13/h1-3,5-6,11-14H,4,7-9H2/t11-,12-,13+/m0/s1. The van der Waals surface area contributed by atoms with Gasteiger partial charge in [-0.2, -0.15) is 0 Å². The molecule has 1 nitrogen and oxygen atoms in total. The van der Waals surface area contributed by atoms with E-state index in [-0.39, 0.29) is 0 Å². The van der Waals surface area contributed by atoms with Gasteiger partial charge >= 0.3 is 0 Å². The van der Waals surface area contributed by atoms with E-state index < -0.39 is 0 Å². The molecule has 1 aliphatic carbocycles. The third-order valence-electron chi connectivity index (χ3n) is 3.91. The lowest BCUT2D eigenvalue weighted by Gasteiger charge is -2.17. The maximum absolute atomic E-state index is 3.67. The Morgan fingerprint density at radius 1 is 1.07 bits per heavy atom. The highest BCUT2D eigenvalue weighted by Crippen LogP contribution is 2.41. The largest absolute Gasteiger partial charge is 0.313 e. The summed E-state index contributed by atoms with van der Waals surface area (Å²) in [7, 11) is 0. The lowest BCUT2D eigenvalue weighted by molar-refractivity contribution is 0.479. The molecule has 1 saturated carbocycles. The minimum Gasteiger partial charge on any atom is -0.313 e. The molecule has 1 aromatic carbocycles. The van der Waals surface area contributed by atoms with Crippen molar-refractivity contribution in [2.45, 2.75) is 31.2 Å². The molecule has 2 aliphatic rings. The van der Waals surface area contributed by atoms with E-state index in [2.05, 4.69) is 35.6 Å². The summed E-state index contributed by atoms with van der Waals surface area (Å²) in [5, 5.41) is 3.67. The van der Waals surface area contributed by atoms with Gasteiger partial charge < -0.3 is 5.32 Å². The van der Waals surface area contributed by atoms with Crippen LogP contribution in [0.3, 0.4) is 0 Å². The van der Waals surface area contributed by atoms with Crippen molar-refractivity contribution < 1.29 is 0 Å². The van der Waals surface area contributed by atoms with Gasteiger partial charge in [-0.05, 0) is 24.3 Å². The molecule has 1 aromatic rings. The highest BCUT2D eigenvalue weighted by Gasteiger charge is 2.39. The molecule has 0 amide bonds. The first-order chi connectivity index (χ1) is 6.95. The number of hydrogen-bond donors (Lipinski definition) is 1. The van der Waals surface area contributed by atoms with Crippen LogP contribution in [0, 0.1) is 5.92 Å². The van der Waals surface area contributed by atoms with Crippen molar-refractivity contribution in [2.24, 2.45) is 5.92 Å². The molecule has 1 heterocycles. The molecule has 0 aromatic heterocycles. The van der Waals surface area contributed by atoms with E-state index in [9.17, 15) is 0 Å². The predicted octanol–water partition coefficient (Wildman–Crippen LogP) is 2.54. The Morgan fingerprint density at radius 2 is 1.93 bits per heavy atom. The first-order valence-electron chi connectivity index (χ1n) is 5.73. The third kappa shape index (κ3) is 1.27. The molecule has 0 radical (unpaired) electrons. The lowest BCUT2D eigenvalue weighted by Crippen LogP contribution is -2.21. The monoisotopic (exact) mass is 187 g/mol. The van der Waals surface area contributed by atoms with Crippen molar-refractivity contribution in [1.82, 2.24) is 5.32 Å². The first-order valence-corrected chi connectivity index (χ1v) is 5.73. The van der Waals surface area contributed by atoms with Gasteiger partial charge in [-0.15, -0.1) is 0 Å². The molecule has 2 fully saturated rings. The van der Waals surface area contributed by atoms with Gasteiger partial charge in [0.1, 0.15) is 0 Å². The SMILES string of the molecule is c1ccc([C@@H]2CN[C@@H]3CCC[C@H]32)cc1. The van der Waals surface area contributed by atoms with E-state index in [0.29, 0.717) is 0 Å². The van der Waals surface area contributed by atoms with Crippen LogP contribution in [0.15, 0.2) is 30.3 Å². The van der Waals surface area contributed by atoms with Gasteiger partial charge in [-0.1, -0.05) is 36.8 Å². The van der Waals surface area contributed by atoms with Gasteiger partial charge in [-0.25, -0.2) is 0 Å². The minimum atomic E-state index is 0.781. The Labute approximate surface area is 85.5 Å². The second-order valence-corrected chi connectivity index (χ2v) is 4.63. The van der Waals surface area contributed by atoms with E-state index in [4.69, 9.17) is 0 Å². The van der Waals surface area contributed by atoms with Crippen LogP contribution in [0.25, 0.3) is 0 Å². The Balaban J connectivity index is 1.86. The molecule has 1 aliphatic heterocycles. The van der Waals surface area contributed by atoms with Gasteiger partial charge in [0.2, 0.25) is 0 Å². The summed E-state index contributed by atoms with van der Waals surface area (Å²) in [5.74, 6) is 1.70. The quantitative estimate of drug-likeness (QED) is 0.712. The summed E-state index contributed by atoms with van der Waals surface area (Å²) in [6, 6.07) is 11.8. The van der Waals surface area contributed by atoms with E-state index in [1.165, 1.54) is 31.4 Å². The van der Waals surface area contributed by atoms with Crippen molar-refractivity contribution in [3.63, 3.8) is 0 Å². The third-order valence-corrected chi connectivity index (χ3v) is 3.91. The van der Waals surface area contributed by atoms with Crippen LogP contribution in [-0.2, 0) is 0 Å². The molecule has 74 valence electrons. The minimum absolute atomic E-state index is 0.781. The summed E-state index contributed by atoms with van der Waals surface area (Å²) in [5.41, 5.74) is 1.54. The summed E-state index contributed by atoms with van der Waals surface area (Å²) in [6.07, 6.45) is 4.25. The number of rotatable bonds is 1. The molecule has 3 rings (SSSR count). The number of hydrogen-bond acceptors (Lipinski definition) is 1. The zero-order chi connectivity index (χ0) is 9.38. The fourth-order valence-electron chi connectivity index (χ4n) is 3.22. The maximum Gasteiger partial charge on any atom is 0.0102 e. The fraction of sp³-hybridized carbons (Fsp3) is 0.538. The van der Waals surface area contributed by atoms with E-state index >= 15 is 0 Å². The van der Waals surface area contributed by atoms with Crippen LogP contribution in [0.5, 0.6) is 0 Å². The highest BCUT2D eigenvalue weighted by atomic mass is 15.0. The zero-order valence-corrected chi connectivity index (χ0v) is 8.45. The van der Waals surface area contributed by atoms with Crippen LogP contribution in [-0.4, -0.2) is 12.6 Å². The second kappa shape index (κ2) is 3.39. The highest BCUT2D eigenvalue weighted by molar-refractivity contribution is 5.23. The summed E-state index contributed by atoms with van der Waals surface area (Å²) >= 11 is 0. The summed E-state index contributed by atoms with van der Waals surface area (Å²) in [6.45, 7) is 1.19. The zero-order valence-electron chi connectivity index (χ0n) is 8.45. The first kappa shape index (κ1) is 8.49. The van der Waals surface area contributed by atoms with E-state index in [1.54, 1.807) is 0 Å². The summed E-state index contributed by atoms with van der Waals surface area (Å²) in [4.78, 5) is 0. The van der Waals surface area contributed by atoms with Gasteiger partial charge in [0.15, 0.2) is 0 Å². The van der Waals surface area contributed by atoms with Crippen molar-refractivity contribution >= 4 is 0 Å².